The van der Waals surface area contributed by atoms with E-state index in [4.69, 9.17) is 29.9 Å². The molecule has 12 N–H and O–H groups in total. The summed E-state index contributed by atoms with van der Waals surface area (Å²) >= 11 is 0. The van der Waals surface area contributed by atoms with Crippen LogP contribution in [0.15, 0.2) is 334 Å². The molecule has 31 heteroatoms. The molecule has 626 valence electrons. The number of aromatic amines is 5. The van der Waals surface area contributed by atoms with Crippen molar-refractivity contribution >= 4 is 125 Å². The molecule has 0 aliphatic carbocycles. The first-order valence-electron chi connectivity index (χ1n) is 40.2. The van der Waals surface area contributed by atoms with Crippen molar-refractivity contribution in [2.24, 2.45) is 0 Å². The third-order valence-electron chi connectivity index (χ3n) is 19.6. The quantitative estimate of drug-likeness (QED) is 0.0297. The Kier molecular flexibility index (Phi) is 25.3. The van der Waals surface area contributed by atoms with E-state index in [0.29, 0.717) is 88.0 Å². The highest BCUT2D eigenvalue weighted by atomic mass is 16.5. The van der Waals surface area contributed by atoms with E-state index in [1.807, 2.05) is 315 Å². The lowest BCUT2D eigenvalue weighted by atomic mass is 10.1. The number of carbonyl (C=O) groups excluding carboxylic acids is 1. The van der Waals surface area contributed by atoms with Crippen molar-refractivity contribution in [3.05, 3.63) is 356 Å². The molecule has 0 bridgehead atoms. The van der Waals surface area contributed by atoms with Gasteiger partial charge in [0, 0.05) is 92.2 Å². The van der Waals surface area contributed by atoms with Gasteiger partial charge in [-0.15, -0.1) is 0 Å². The summed E-state index contributed by atoms with van der Waals surface area (Å²) in [6.07, 6.45) is 0. The number of ether oxygens (including phenoxy) is 2. The number of methoxy groups -OCH3 is 2. The number of aliphatic hydroxyl groups is 1. The zero-order valence-electron chi connectivity index (χ0n) is 68.4. The van der Waals surface area contributed by atoms with Crippen LogP contribution >= 0.6 is 0 Å². The lowest BCUT2D eigenvalue weighted by Crippen LogP contribution is -2.01. The minimum absolute atomic E-state index is 0.00384. The molecule has 0 radical (unpaired) electrons. The van der Waals surface area contributed by atoms with Crippen molar-refractivity contribution in [1.82, 2.24) is 101 Å². The summed E-state index contributed by atoms with van der Waals surface area (Å²) < 4.78 is 9.80. The van der Waals surface area contributed by atoms with Crippen LogP contribution in [0.3, 0.4) is 0 Å². The third kappa shape index (κ3) is 20.0. The second-order valence-corrected chi connectivity index (χ2v) is 28.3. The number of nitrogens with zero attached hydrogens (tertiary/aromatic N) is 15. The Balaban J connectivity index is 0.000000113. The fourth-order valence-electron chi connectivity index (χ4n) is 13.5. The van der Waals surface area contributed by atoms with Crippen molar-refractivity contribution < 1.29 is 29.3 Å². The molecule has 0 unspecified atom stereocenters. The van der Waals surface area contributed by atoms with Gasteiger partial charge in [0.2, 0.25) is 0 Å². The molecule has 0 atom stereocenters. The van der Waals surface area contributed by atoms with Crippen LogP contribution in [0.1, 0.15) is 32.4 Å². The summed E-state index contributed by atoms with van der Waals surface area (Å²) in [6, 6.07) is 107. The minimum atomic E-state index is -1.07. The van der Waals surface area contributed by atoms with Crippen LogP contribution in [0, 0.1) is 0 Å². The molecule has 11 aromatic carbocycles. The average Bonchev–Trinajstić information content (AvgIpc) is 1.25. The maximum atomic E-state index is 11.6. The van der Waals surface area contributed by atoms with Crippen molar-refractivity contribution in [2.45, 2.75) is 13.2 Å². The maximum Gasteiger partial charge on any atom is 0.356 e. The Morgan fingerprint density at radius 3 is 0.844 bits per heavy atom. The second kappa shape index (κ2) is 39.3. The Hall–Kier alpha value is -18.0. The number of benzene rings is 11. The fourth-order valence-corrected chi connectivity index (χ4v) is 13.5. The molecule has 0 fully saturated rings. The highest BCUT2D eigenvalue weighted by Gasteiger charge is 2.20. The predicted molar refractivity (Wildman–Crippen MR) is 495 cm³/mol. The number of H-pyrrole nitrogens is 5. The number of carbonyl (C=O) groups is 2. The van der Waals surface area contributed by atoms with Crippen molar-refractivity contribution in [3.63, 3.8) is 0 Å². The van der Waals surface area contributed by atoms with Crippen LogP contribution < -0.4 is 26.6 Å². The van der Waals surface area contributed by atoms with Gasteiger partial charge in [0.05, 0.1) is 65.0 Å². The zero-order valence-corrected chi connectivity index (χ0v) is 68.4. The van der Waals surface area contributed by atoms with Crippen LogP contribution in [-0.2, 0) is 22.7 Å². The first-order valence-corrected chi connectivity index (χ1v) is 40.2. The van der Waals surface area contributed by atoms with E-state index in [9.17, 15) is 9.59 Å². The summed E-state index contributed by atoms with van der Waals surface area (Å²) in [4.78, 5) is 69.3. The van der Waals surface area contributed by atoms with Gasteiger partial charge in [0.1, 0.15) is 40.5 Å². The van der Waals surface area contributed by atoms with Gasteiger partial charge >= 0.3 is 11.9 Å². The zero-order chi connectivity index (χ0) is 87.3. The topological polar surface area (TPSA) is 426 Å². The van der Waals surface area contributed by atoms with Gasteiger partial charge in [-0.3, -0.25) is 25.5 Å². The first-order chi connectivity index (χ1) is 63.0. The van der Waals surface area contributed by atoms with Gasteiger partial charge in [-0.1, -0.05) is 243 Å². The van der Waals surface area contributed by atoms with E-state index in [0.717, 1.165) is 111 Å². The molecule has 0 saturated carbocycles. The first kappa shape index (κ1) is 82.3. The Morgan fingerprint density at radius 2 is 0.547 bits per heavy atom. The van der Waals surface area contributed by atoms with Crippen LogP contribution in [-0.4, -0.2) is 137 Å². The van der Waals surface area contributed by atoms with Crippen LogP contribution in [0.5, 0.6) is 0 Å². The van der Waals surface area contributed by atoms with Gasteiger partial charge in [-0.2, -0.15) is 25.5 Å². The predicted octanol–water partition coefficient (Wildman–Crippen LogP) is 19.6. The van der Waals surface area contributed by atoms with E-state index in [1.54, 1.807) is 19.2 Å². The number of aliphatic hydroxyl groups excluding tert-OH is 1. The number of rotatable bonds is 21. The Bertz CT molecular complexity index is 7370. The SMILES string of the molecule is COC(=O)c1cc(Nc2nc(-c3ccccc3)nc3ccccc23)n[nH]1.COCc1cc(Nc2nc(-c3ccccc3)nc3ccccc23)n[nH]1.O=C(O)c1cc(Nc2nc(-c3ccccc3)nc3ccccc23)n[nH]1.OCc1cc(Nc2nc(-c3ccccc3)nc3ccccc23)n[nH]1.c1ccc(-c2nc(Nc3cc(-c4ccccc4)[nH]n3)c3ccccc3n2)cc1. The number of aromatic nitrogens is 20. The fraction of sp³-hybridized carbons (Fsp3) is 0.0412. The van der Waals surface area contributed by atoms with Gasteiger partial charge in [0.25, 0.3) is 0 Å². The second-order valence-electron chi connectivity index (χ2n) is 28.3. The molecular weight excluding hydrogens is 1610 g/mol. The number of esters is 1. The van der Waals surface area contributed by atoms with E-state index < -0.39 is 11.9 Å². The number of nitrogens with one attached hydrogen (secondary N) is 10. The molecule has 21 rings (SSSR count). The average molecular weight is 1690 g/mol. The Labute approximate surface area is 729 Å². The summed E-state index contributed by atoms with van der Waals surface area (Å²) in [5.41, 5.74) is 12.8. The van der Waals surface area contributed by atoms with E-state index in [-0.39, 0.29) is 18.0 Å². The molecule has 0 amide bonds. The number of carboxylic acids is 1. The molecule has 0 aliphatic rings. The minimum Gasteiger partial charge on any atom is -0.477 e. The molecule has 128 heavy (non-hydrogen) atoms. The van der Waals surface area contributed by atoms with E-state index in [2.05, 4.69) is 117 Å². The van der Waals surface area contributed by atoms with Gasteiger partial charge in [0.15, 0.2) is 58.2 Å². The summed E-state index contributed by atoms with van der Waals surface area (Å²) in [6.45, 7) is 0.392. The molecule has 21 aromatic rings. The highest BCUT2D eigenvalue weighted by Crippen LogP contribution is 2.34. The largest absolute Gasteiger partial charge is 0.477 e. The number of aromatic carboxylic acids is 1. The summed E-state index contributed by atoms with van der Waals surface area (Å²) in [5.74, 6) is 7.78. The van der Waals surface area contributed by atoms with Crippen molar-refractivity contribution in [3.8, 4) is 68.2 Å². The normalized spacial score (nSPS) is 10.8. The van der Waals surface area contributed by atoms with Crippen molar-refractivity contribution in [2.75, 3.05) is 40.8 Å². The number of hydrogen-bond acceptors (Lipinski definition) is 25. The molecule has 10 heterocycles. The number of hydrogen-bond donors (Lipinski definition) is 12. The van der Waals surface area contributed by atoms with Gasteiger partial charge in [-0.05, 0) is 66.2 Å². The number of carboxylic acid groups (broad SMARTS) is 1. The molecule has 0 saturated heterocycles. The lowest BCUT2D eigenvalue weighted by molar-refractivity contribution is 0.0593. The standard InChI is InChI=1S/C23H17N5.C19H15N5O2.C19H17N5O.C18H13N5O2.C18H15N5O/c1-3-9-16(10-4-1)20-15-21(28-27-20)25-23-18-13-7-8-14-19(18)24-22(26-23)17-11-5-2-6-12-17;1-26-19(25)15-11-16(24-23-15)21-18-13-9-5-6-10-14(13)20-17(22-18)12-7-3-2-4-8-12;1-25-12-14-11-17(24-23-14)21-19-15-9-5-6-10-16(15)20-18(22-19)13-7-3-2-4-8-13;24-18(25)14-10-15(23-22-14)20-17-12-8-4-5-9-13(12)19-16(21-17)11-6-2-1-3-7-11;24-11-13-10-16(23-22-13)20-18-14-8-4-5-9-15(14)19-17(21-18)12-6-2-1-3-7-12/h1-15H,(H2,24,25,26,27,28);2-11H,1H3,(H2,20,21,22,23,24);2-11H,12H2,1H3,(H2,20,21,22,23,24);1-10H,(H,24,25)(H2,19,20,21,22,23);1-10,24H,11H2,(H2,19,20,21,22,23). The number of fused-ring (bicyclic) bond motifs is 5. The van der Waals surface area contributed by atoms with Crippen molar-refractivity contribution in [1.29, 1.82) is 0 Å². The summed E-state index contributed by atoms with van der Waals surface area (Å²) in [5, 5.41) is 73.5. The third-order valence-corrected chi connectivity index (χ3v) is 19.6. The van der Waals surface area contributed by atoms with Gasteiger partial charge < -0.3 is 46.3 Å². The maximum absolute atomic E-state index is 11.6. The van der Waals surface area contributed by atoms with Gasteiger partial charge in [-0.25, -0.2) is 59.4 Å². The highest BCUT2D eigenvalue weighted by molar-refractivity contribution is 5.97. The van der Waals surface area contributed by atoms with Crippen LogP contribution in [0.4, 0.5) is 58.2 Å². The van der Waals surface area contributed by atoms with E-state index in [1.165, 1.54) is 13.2 Å². The molecular formula is C97H77N25O6. The Morgan fingerprint density at radius 1 is 0.289 bits per heavy atom. The lowest BCUT2D eigenvalue weighted by Gasteiger charge is -2.09. The molecule has 31 nitrogen and oxygen atoms in total. The molecule has 10 aromatic heterocycles. The van der Waals surface area contributed by atoms with Crippen LogP contribution in [0.2, 0.25) is 0 Å². The number of para-hydroxylation sites is 5. The number of anilines is 10. The smallest absolute Gasteiger partial charge is 0.356 e. The van der Waals surface area contributed by atoms with E-state index >= 15 is 0 Å². The van der Waals surface area contributed by atoms with Crippen LogP contribution in [0.25, 0.3) is 123 Å². The molecule has 0 spiro atoms. The monoisotopic (exact) mass is 1690 g/mol. The molecule has 0 aliphatic heterocycles. The summed E-state index contributed by atoms with van der Waals surface area (Å²) in [7, 11) is 2.97.